The molecule has 0 amide bonds. The molecule has 0 aromatic carbocycles. The molecule has 1 aromatic heterocycles. The Morgan fingerprint density at radius 2 is 1.75 bits per heavy atom. The molecule has 20 heavy (non-hydrogen) atoms. The molecule has 4 aliphatic rings. The van der Waals surface area contributed by atoms with Crippen LogP contribution in [0, 0.1) is 23.2 Å². The highest BCUT2D eigenvalue weighted by Gasteiger charge is 2.64. The van der Waals surface area contributed by atoms with E-state index in [0.29, 0.717) is 16.2 Å². The average molecular weight is 273 g/mol. The fourth-order valence-electron chi connectivity index (χ4n) is 7.09. The van der Waals surface area contributed by atoms with Crippen LogP contribution >= 0.6 is 0 Å². The van der Waals surface area contributed by atoms with Crippen molar-refractivity contribution in [2.45, 2.75) is 71.4 Å². The van der Waals surface area contributed by atoms with Crippen LogP contribution < -0.4 is 5.73 Å². The van der Waals surface area contributed by atoms with Crippen molar-refractivity contribution in [1.82, 2.24) is 9.78 Å². The fraction of sp³-hybridized carbons (Fsp3) is 0.824. The molecule has 2 atom stereocenters. The van der Waals surface area contributed by atoms with E-state index in [1.807, 2.05) is 6.20 Å². The van der Waals surface area contributed by atoms with Gasteiger partial charge in [-0.3, -0.25) is 4.68 Å². The van der Waals surface area contributed by atoms with Gasteiger partial charge in [0.25, 0.3) is 0 Å². The molecular formula is C17H27N3. The van der Waals surface area contributed by atoms with Crippen LogP contribution in [0.5, 0.6) is 0 Å². The summed E-state index contributed by atoms with van der Waals surface area (Å²) in [6.45, 7) is 8.19. The Kier molecular flexibility index (Phi) is 2.25. The van der Waals surface area contributed by atoms with Crippen LogP contribution in [-0.4, -0.2) is 15.3 Å². The Morgan fingerprint density at radius 3 is 2.25 bits per heavy atom. The minimum Gasteiger partial charge on any atom is -0.325 e. The lowest BCUT2D eigenvalue weighted by Gasteiger charge is -2.68. The number of nitrogens with zero attached hydrogens (tertiary/aromatic N) is 2. The summed E-state index contributed by atoms with van der Waals surface area (Å²) >= 11 is 0. The fourth-order valence-corrected chi connectivity index (χ4v) is 7.09. The maximum Gasteiger partial charge on any atom is 0.0492 e. The van der Waals surface area contributed by atoms with Crippen LogP contribution in [0.2, 0.25) is 0 Å². The van der Waals surface area contributed by atoms with Crippen molar-refractivity contribution in [3.05, 3.63) is 18.0 Å². The van der Waals surface area contributed by atoms with Crippen molar-refractivity contribution in [2.24, 2.45) is 22.0 Å². The largest absolute Gasteiger partial charge is 0.325 e. The molecule has 2 N–H and O–H groups in total. The van der Waals surface area contributed by atoms with E-state index in [0.717, 1.165) is 6.54 Å². The molecule has 2 unspecified atom stereocenters. The van der Waals surface area contributed by atoms with Crippen molar-refractivity contribution < 1.29 is 0 Å². The Hall–Kier alpha value is -0.830. The van der Waals surface area contributed by atoms with Crippen molar-refractivity contribution >= 4 is 0 Å². The zero-order chi connectivity index (χ0) is 14.2. The number of rotatable bonds is 2. The van der Waals surface area contributed by atoms with Crippen molar-refractivity contribution in [1.29, 1.82) is 0 Å². The van der Waals surface area contributed by atoms with E-state index in [1.54, 1.807) is 0 Å². The molecule has 0 radical (unpaired) electrons. The second-order valence-corrected chi connectivity index (χ2v) is 9.17. The molecule has 4 saturated carbocycles. The van der Waals surface area contributed by atoms with E-state index in [-0.39, 0.29) is 5.54 Å². The summed E-state index contributed by atoms with van der Waals surface area (Å²) in [6.07, 6.45) is 9.65. The van der Waals surface area contributed by atoms with Gasteiger partial charge < -0.3 is 5.73 Å². The highest BCUT2D eigenvalue weighted by molar-refractivity contribution is 5.18. The second kappa shape index (κ2) is 3.49. The third kappa shape index (κ3) is 1.78. The Balaban J connectivity index is 1.73. The SMILES string of the molecule is Cc1ccnn1CC12CC3(C)CC(C)(CC(N)(C3)C1)C2. The van der Waals surface area contributed by atoms with Crippen molar-refractivity contribution in [3.63, 3.8) is 0 Å². The van der Waals surface area contributed by atoms with Crippen LogP contribution in [0.4, 0.5) is 0 Å². The van der Waals surface area contributed by atoms with Crippen LogP contribution in [0.25, 0.3) is 0 Å². The molecule has 0 aliphatic heterocycles. The molecule has 0 spiro atoms. The van der Waals surface area contributed by atoms with Gasteiger partial charge in [0.05, 0.1) is 0 Å². The van der Waals surface area contributed by atoms with Gasteiger partial charge >= 0.3 is 0 Å². The molecular weight excluding hydrogens is 246 g/mol. The lowest BCUT2D eigenvalue weighted by molar-refractivity contribution is -0.161. The first kappa shape index (κ1) is 12.9. The lowest BCUT2D eigenvalue weighted by atomic mass is 9.38. The number of nitrogens with two attached hydrogens (primary N) is 1. The third-order valence-corrected chi connectivity index (χ3v) is 6.16. The summed E-state index contributed by atoms with van der Waals surface area (Å²) in [4.78, 5) is 0. The van der Waals surface area contributed by atoms with Gasteiger partial charge in [-0.25, -0.2) is 0 Å². The van der Waals surface area contributed by atoms with Gasteiger partial charge in [0.15, 0.2) is 0 Å². The van der Waals surface area contributed by atoms with E-state index < -0.39 is 0 Å². The Bertz CT molecular complexity index is 505. The Morgan fingerprint density at radius 1 is 1.10 bits per heavy atom. The van der Waals surface area contributed by atoms with Gasteiger partial charge in [0.2, 0.25) is 0 Å². The quantitative estimate of drug-likeness (QED) is 0.898. The number of hydrogen-bond donors (Lipinski definition) is 1. The minimum atomic E-state index is 0.0826. The molecule has 1 heterocycles. The highest BCUT2D eigenvalue weighted by atomic mass is 15.3. The van der Waals surface area contributed by atoms with Gasteiger partial charge in [-0.2, -0.15) is 5.10 Å². The minimum absolute atomic E-state index is 0.0826. The Labute approximate surface area is 121 Å². The van der Waals surface area contributed by atoms with Gasteiger partial charge in [0, 0.05) is 24.0 Å². The zero-order valence-electron chi connectivity index (χ0n) is 13.1. The maximum absolute atomic E-state index is 6.81. The monoisotopic (exact) mass is 273 g/mol. The summed E-state index contributed by atoms with van der Waals surface area (Å²) in [5, 5.41) is 4.54. The predicted octanol–water partition coefficient (Wildman–Crippen LogP) is 3.27. The van der Waals surface area contributed by atoms with Gasteiger partial charge in [-0.1, -0.05) is 13.8 Å². The molecule has 5 rings (SSSR count). The summed E-state index contributed by atoms with van der Waals surface area (Å²) in [5.41, 5.74) is 9.47. The lowest BCUT2D eigenvalue weighted by Crippen LogP contribution is -2.66. The van der Waals surface area contributed by atoms with Crippen LogP contribution in [0.1, 0.15) is 58.1 Å². The van der Waals surface area contributed by atoms with E-state index in [2.05, 4.69) is 36.6 Å². The molecule has 1 aromatic rings. The first-order valence-electron chi connectivity index (χ1n) is 8.00. The van der Waals surface area contributed by atoms with E-state index in [4.69, 9.17) is 5.73 Å². The predicted molar refractivity (Wildman–Crippen MR) is 80.2 cm³/mol. The number of hydrogen-bond acceptors (Lipinski definition) is 2. The van der Waals surface area contributed by atoms with E-state index in [9.17, 15) is 0 Å². The molecule has 0 saturated heterocycles. The summed E-state index contributed by atoms with van der Waals surface area (Å²) in [6, 6.07) is 2.11. The van der Waals surface area contributed by atoms with E-state index >= 15 is 0 Å². The third-order valence-electron chi connectivity index (χ3n) is 6.16. The molecule has 3 heteroatoms. The maximum atomic E-state index is 6.81. The number of aryl methyl sites for hydroxylation is 1. The van der Waals surface area contributed by atoms with Crippen LogP contribution in [-0.2, 0) is 6.54 Å². The second-order valence-electron chi connectivity index (χ2n) is 9.17. The topological polar surface area (TPSA) is 43.8 Å². The molecule has 3 nitrogen and oxygen atoms in total. The average Bonchev–Trinajstić information content (AvgIpc) is 2.55. The summed E-state index contributed by atoms with van der Waals surface area (Å²) in [7, 11) is 0. The van der Waals surface area contributed by atoms with E-state index in [1.165, 1.54) is 44.2 Å². The summed E-state index contributed by atoms with van der Waals surface area (Å²) in [5.74, 6) is 0. The van der Waals surface area contributed by atoms with Gasteiger partial charge in [-0.15, -0.1) is 0 Å². The standard InChI is InChI=1S/C17H27N3/c1-13-4-5-19-20(13)12-16-7-14(2)6-15(3,8-16)10-17(18,9-14)11-16/h4-5H,6-12,18H2,1-3H3. The highest BCUT2D eigenvalue weighted by Crippen LogP contribution is 2.70. The number of aromatic nitrogens is 2. The molecule has 4 aliphatic carbocycles. The first-order valence-corrected chi connectivity index (χ1v) is 8.00. The van der Waals surface area contributed by atoms with Gasteiger partial charge in [0.1, 0.15) is 0 Å². The van der Waals surface area contributed by atoms with Crippen molar-refractivity contribution in [2.75, 3.05) is 0 Å². The van der Waals surface area contributed by atoms with Crippen molar-refractivity contribution in [3.8, 4) is 0 Å². The molecule has 4 fully saturated rings. The first-order chi connectivity index (χ1) is 9.23. The van der Waals surface area contributed by atoms with Gasteiger partial charge in [-0.05, 0) is 67.8 Å². The zero-order valence-corrected chi connectivity index (χ0v) is 13.1. The molecule has 4 bridgehead atoms. The molecule has 110 valence electrons. The van der Waals surface area contributed by atoms with Crippen LogP contribution in [0.15, 0.2) is 12.3 Å². The summed E-state index contributed by atoms with van der Waals surface area (Å²) < 4.78 is 2.21. The normalized spacial score (nSPS) is 49.8. The smallest absolute Gasteiger partial charge is 0.0492 e. The van der Waals surface area contributed by atoms with Crippen LogP contribution in [0.3, 0.4) is 0 Å².